The molecule has 96 valence electrons. The molecule has 0 radical (unpaired) electrons. The molecule has 6 heteroatoms. The molecule has 1 aliphatic heterocycles. The average Bonchev–Trinajstić information content (AvgIpc) is 2.34. The molecule has 4 nitrogen and oxygen atoms in total. The molecule has 0 spiro atoms. The average molecular weight is 282 g/mol. The Labute approximate surface area is 116 Å². The Morgan fingerprint density at radius 3 is 2.78 bits per heavy atom. The smallest absolute Gasteiger partial charge is 0.323 e. The number of benzene rings is 1. The number of thioether (sulfide) groups is 1. The van der Waals surface area contributed by atoms with Crippen LogP contribution < -0.4 is 0 Å². The normalized spacial score (nSPS) is 16.9. The molecule has 1 saturated heterocycles. The second-order valence-corrected chi connectivity index (χ2v) is 5.67. The fourth-order valence-corrected chi connectivity index (χ4v) is 2.84. The molecule has 2 rings (SSSR count). The number of hydrogen-bond donors (Lipinski definition) is 1. The van der Waals surface area contributed by atoms with Gasteiger partial charge in [-0.15, -0.1) is 0 Å². The fraction of sp³-hybridized carbons (Fsp3) is 0.333. The van der Waals surface area contributed by atoms with Crippen LogP contribution in [0.25, 0.3) is 0 Å². The van der Waals surface area contributed by atoms with Crippen molar-refractivity contribution >= 4 is 34.3 Å². The molecule has 0 aromatic heterocycles. The number of carboxylic acids is 1. The van der Waals surface area contributed by atoms with E-state index in [1.165, 1.54) is 17.3 Å². The van der Waals surface area contributed by atoms with E-state index in [0.717, 1.165) is 12.4 Å². The minimum atomic E-state index is -0.848. The maximum atomic E-state index is 10.7. The van der Waals surface area contributed by atoms with Crippen LogP contribution in [0.2, 0.25) is 0 Å². The van der Waals surface area contributed by atoms with E-state index in [2.05, 4.69) is 17.0 Å². The Balaban J connectivity index is 1.95. The molecule has 1 fully saturated rings. The standard InChI is InChI=1S/C12H14N2O2S2/c15-11(16)7-14-8-13(9-18-12(14)17)6-10-4-2-1-3-5-10/h1-5H,6-9H2,(H,15,16). The number of rotatable bonds is 4. The quantitative estimate of drug-likeness (QED) is 0.850. The zero-order valence-electron chi connectivity index (χ0n) is 9.78. The maximum Gasteiger partial charge on any atom is 0.323 e. The first kappa shape index (κ1) is 13.3. The van der Waals surface area contributed by atoms with Crippen molar-refractivity contribution in [2.45, 2.75) is 6.54 Å². The molecule has 0 unspecified atom stereocenters. The summed E-state index contributed by atoms with van der Waals surface area (Å²) >= 11 is 6.68. The molecule has 1 N–H and O–H groups in total. The van der Waals surface area contributed by atoms with Crippen molar-refractivity contribution in [2.75, 3.05) is 19.1 Å². The van der Waals surface area contributed by atoms with Crippen LogP contribution in [-0.4, -0.2) is 44.3 Å². The van der Waals surface area contributed by atoms with E-state index in [1.54, 1.807) is 4.90 Å². The van der Waals surface area contributed by atoms with Crippen molar-refractivity contribution in [3.63, 3.8) is 0 Å². The van der Waals surface area contributed by atoms with Gasteiger partial charge in [0.15, 0.2) is 0 Å². The van der Waals surface area contributed by atoms with Gasteiger partial charge in [0.2, 0.25) is 0 Å². The van der Waals surface area contributed by atoms with Gasteiger partial charge in [-0.3, -0.25) is 9.69 Å². The summed E-state index contributed by atoms with van der Waals surface area (Å²) < 4.78 is 0.668. The van der Waals surface area contributed by atoms with Gasteiger partial charge < -0.3 is 10.0 Å². The van der Waals surface area contributed by atoms with Gasteiger partial charge in [-0.05, 0) is 5.56 Å². The topological polar surface area (TPSA) is 43.8 Å². The van der Waals surface area contributed by atoms with Crippen LogP contribution in [-0.2, 0) is 11.3 Å². The monoisotopic (exact) mass is 282 g/mol. The highest BCUT2D eigenvalue weighted by Crippen LogP contribution is 2.20. The molecule has 1 aromatic rings. The van der Waals surface area contributed by atoms with Crippen LogP contribution in [0.5, 0.6) is 0 Å². The highest BCUT2D eigenvalue weighted by molar-refractivity contribution is 8.22. The Morgan fingerprint density at radius 1 is 1.39 bits per heavy atom. The first-order valence-corrected chi connectivity index (χ1v) is 6.94. The first-order chi connectivity index (χ1) is 8.65. The Kier molecular flexibility index (Phi) is 4.57. The molecular formula is C12H14N2O2S2. The van der Waals surface area contributed by atoms with Crippen molar-refractivity contribution in [1.82, 2.24) is 9.80 Å². The minimum absolute atomic E-state index is 0.0306. The van der Waals surface area contributed by atoms with Crippen LogP contribution in [0.15, 0.2) is 30.3 Å². The highest BCUT2D eigenvalue weighted by Gasteiger charge is 2.23. The molecule has 1 aromatic carbocycles. The lowest BCUT2D eigenvalue weighted by Crippen LogP contribution is -2.46. The summed E-state index contributed by atoms with van der Waals surface area (Å²) in [5.74, 6) is -0.0383. The lowest BCUT2D eigenvalue weighted by molar-refractivity contribution is -0.137. The van der Waals surface area contributed by atoms with Crippen LogP contribution in [0.4, 0.5) is 0 Å². The number of nitrogens with zero attached hydrogens (tertiary/aromatic N) is 2. The van der Waals surface area contributed by atoms with Crippen molar-refractivity contribution < 1.29 is 9.90 Å². The summed E-state index contributed by atoms with van der Waals surface area (Å²) in [7, 11) is 0. The van der Waals surface area contributed by atoms with Gasteiger partial charge >= 0.3 is 5.97 Å². The number of hydrogen-bond acceptors (Lipinski definition) is 4. The van der Waals surface area contributed by atoms with Gasteiger partial charge in [0.25, 0.3) is 0 Å². The van der Waals surface area contributed by atoms with E-state index >= 15 is 0 Å². The van der Waals surface area contributed by atoms with Gasteiger partial charge in [-0.25, -0.2) is 0 Å². The summed E-state index contributed by atoms with van der Waals surface area (Å²) in [6.45, 7) is 1.36. The van der Waals surface area contributed by atoms with E-state index in [4.69, 9.17) is 17.3 Å². The van der Waals surface area contributed by atoms with Crippen molar-refractivity contribution in [3.05, 3.63) is 35.9 Å². The maximum absolute atomic E-state index is 10.7. The summed E-state index contributed by atoms with van der Waals surface area (Å²) in [4.78, 5) is 14.6. The third-order valence-electron chi connectivity index (χ3n) is 2.57. The van der Waals surface area contributed by atoms with Crippen LogP contribution in [0, 0.1) is 0 Å². The molecule has 0 atom stereocenters. The Bertz CT molecular complexity index is 439. The summed E-state index contributed by atoms with van der Waals surface area (Å²) in [5.41, 5.74) is 1.22. The third kappa shape index (κ3) is 3.69. The van der Waals surface area contributed by atoms with Crippen molar-refractivity contribution in [2.24, 2.45) is 0 Å². The molecule has 0 bridgehead atoms. The van der Waals surface area contributed by atoms with E-state index in [1.807, 2.05) is 18.2 Å². The van der Waals surface area contributed by atoms with E-state index < -0.39 is 5.97 Å². The predicted molar refractivity (Wildman–Crippen MR) is 76.2 cm³/mol. The van der Waals surface area contributed by atoms with Gasteiger partial charge in [-0.1, -0.05) is 54.3 Å². The molecule has 0 amide bonds. The SMILES string of the molecule is O=C(O)CN1CN(Cc2ccccc2)CSC1=S. The third-order valence-corrected chi connectivity index (χ3v) is 4.19. The van der Waals surface area contributed by atoms with Gasteiger partial charge in [0, 0.05) is 6.54 Å². The minimum Gasteiger partial charge on any atom is -0.480 e. The van der Waals surface area contributed by atoms with Crippen LogP contribution in [0.1, 0.15) is 5.56 Å². The van der Waals surface area contributed by atoms with E-state index in [-0.39, 0.29) is 6.54 Å². The highest BCUT2D eigenvalue weighted by atomic mass is 32.2. The molecule has 18 heavy (non-hydrogen) atoms. The largest absolute Gasteiger partial charge is 0.480 e. The van der Waals surface area contributed by atoms with Crippen molar-refractivity contribution in [3.8, 4) is 0 Å². The molecule has 0 saturated carbocycles. The second kappa shape index (κ2) is 6.17. The molecule has 1 heterocycles. The second-order valence-electron chi connectivity index (χ2n) is 4.09. The lowest BCUT2D eigenvalue weighted by Gasteiger charge is -2.35. The fourth-order valence-electron chi connectivity index (χ4n) is 1.79. The molecular weight excluding hydrogens is 268 g/mol. The summed E-state index contributed by atoms with van der Waals surface area (Å²) in [5, 5.41) is 8.83. The number of carbonyl (C=O) groups is 1. The van der Waals surface area contributed by atoms with E-state index in [9.17, 15) is 4.79 Å². The molecule has 0 aliphatic carbocycles. The van der Waals surface area contributed by atoms with E-state index in [0.29, 0.717) is 11.0 Å². The zero-order valence-corrected chi connectivity index (χ0v) is 11.4. The zero-order chi connectivity index (χ0) is 13.0. The first-order valence-electron chi connectivity index (χ1n) is 5.55. The Hall–Kier alpha value is -1.11. The summed E-state index contributed by atoms with van der Waals surface area (Å²) in [6, 6.07) is 10.1. The van der Waals surface area contributed by atoms with Crippen molar-refractivity contribution in [1.29, 1.82) is 0 Å². The predicted octanol–water partition coefficient (Wildman–Crippen LogP) is 1.82. The number of aliphatic carboxylic acids is 1. The molecule has 1 aliphatic rings. The van der Waals surface area contributed by atoms with Gasteiger partial charge in [-0.2, -0.15) is 0 Å². The summed E-state index contributed by atoms with van der Waals surface area (Å²) in [6.07, 6.45) is 0. The van der Waals surface area contributed by atoms with Gasteiger partial charge in [0.1, 0.15) is 10.9 Å². The van der Waals surface area contributed by atoms with Crippen LogP contribution in [0.3, 0.4) is 0 Å². The number of thiocarbonyl (C=S) groups is 1. The Morgan fingerprint density at radius 2 is 2.11 bits per heavy atom. The van der Waals surface area contributed by atoms with Gasteiger partial charge in [0.05, 0.1) is 12.5 Å². The number of carboxylic acid groups (broad SMARTS) is 1. The van der Waals surface area contributed by atoms with Crippen LogP contribution >= 0.6 is 24.0 Å². The lowest BCUT2D eigenvalue weighted by atomic mass is 10.2.